The number of fused-ring (bicyclic) bond motifs is 3. The van der Waals surface area contributed by atoms with Crippen molar-refractivity contribution in [2.24, 2.45) is 5.73 Å². The minimum atomic E-state index is -0.205. The van der Waals surface area contributed by atoms with Crippen molar-refractivity contribution in [2.45, 2.75) is 88.8 Å². The Balaban J connectivity index is 1.64. The molecule has 3 aliphatic rings. The molecular formula is C26H34N6O. The number of hydrogen-bond acceptors (Lipinski definition) is 7. The van der Waals surface area contributed by atoms with E-state index in [0.29, 0.717) is 24.8 Å². The van der Waals surface area contributed by atoms with Crippen molar-refractivity contribution in [3.8, 4) is 23.1 Å². The fourth-order valence-corrected chi connectivity index (χ4v) is 5.65. The summed E-state index contributed by atoms with van der Waals surface area (Å²) in [6.45, 7) is 5.14. The summed E-state index contributed by atoms with van der Waals surface area (Å²) in [5.41, 5.74) is 17.7. The first-order chi connectivity index (χ1) is 15.9. The third-order valence-electron chi connectivity index (χ3n) is 7.42. The second kappa shape index (κ2) is 8.49. The highest BCUT2D eigenvalue weighted by molar-refractivity contribution is 5.83. The van der Waals surface area contributed by atoms with Gasteiger partial charge in [-0.05, 0) is 68.1 Å². The van der Waals surface area contributed by atoms with Gasteiger partial charge in [0.05, 0.1) is 30.0 Å². The van der Waals surface area contributed by atoms with E-state index in [2.05, 4.69) is 46.9 Å². The van der Waals surface area contributed by atoms with Crippen LogP contribution < -0.4 is 21.1 Å². The number of benzene rings is 1. The Hall–Kier alpha value is -2.85. The van der Waals surface area contributed by atoms with Crippen molar-refractivity contribution in [3.63, 3.8) is 0 Å². The molecule has 2 saturated carbocycles. The zero-order chi connectivity index (χ0) is 23.2. The van der Waals surface area contributed by atoms with Crippen molar-refractivity contribution < 1.29 is 4.74 Å². The van der Waals surface area contributed by atoms with Gasteiger partial charge in [-0.2, -0.15) is 5.26 Å². The molecule has 0 spiro atoms. The average molecular weight is 447 g/mol. The average Bonchev–Trinajstić information content (AvgIpc) is 3.61. The summed E-state index contributed by atoms with van der Waals surface area (Å²) < 4.78 is 6.68. The van der Waals surface area contributed by atoms with Gasteiger partial charge in [0.15, 0.2) is 0 Å². The van der Waals surface area contributed by atoms with Crippen LogP contribution in [0.5, 0.6) is 5.75 Å². The topological polar surface area (TPSA) is 114 Å². The van der Waals surface area contributed by atoms with Gasteiger partial charge < -0.3 is 21.1 Å². The van der Waals surface area contributed by atoms with E-state index >= 15 is 0 Å². The van der Waals surface area contributed by atoms with Gasteiger partial charge in [-0.1, -0.05) is 13.8 Å². The molecule has 2 fully saturated rings. The highest BCUT2D eigenvalue weighted by atomic mass is 16.5. The number of nitrogen functional groups attached to an aromatic ring is 1. The largest absolute Gasteiger partial charge is 0.488 e. The van der Waals surface area contributed by atoms with E-state index in [4.69, 9.17) is 16.2 Å². The molecule has 1 aromatic heterocycles. The monoisotopic (exact) mass is 446 g/mol. The summed E-state index contributed by atoms with van der Waals surface area (Å²) in [6.07, 6.45) is 9.34. The van der Waals surface area contributed by atoms with Crippen LogP contribution in [0.3, 0.4) is 0 Å². The predicted molar refractivity (Wildman–Crippen MR) is 130 cm³/mol. The number of nitrogens with zero attached hydrogens (tertiary/aromatic N) is 4. The molecular weight excluding hydrogens is 412 g/mol. The van der Waals surface area contributed by atoms with Crippen molar-refractivity contribution in [1.29, 1.82) is 5.26 Å². The lowest BCUT2D eigenvalue weighted by molar-refractivity contribution is 0.147. The molecule has 1 heterocycles. The maximum Gasteiger partial charge on any atom is 0.143 e. The number of hydrogen-bond donors (Lipinski definition) is 2. The van der Waals surface area contributed by atoms with Crippen molar-refractivity contribution in [2.75, 3.05) is 17.2 Å². The molecule has 4 N–H and O–H groups in total. The zero-order valence-electron chi connectivity index (χ0n) is 19.7. The normalized spacial score (nSPS) is 23.2. The van der Waals surface area contributed by atoms with E-state index in [-0.39, 0.29) is 17.6 Å². The number of nitriles is 1. The van der Waals surface area contributed by atoms with Crippen LogP contribution in [0.25, 0.3) is 11.3 Å². The lowest BCUT2D eigenvalue weighted by Gasteiger charge is -2.38. The van der Waals surface area contributed by atoms with E-state index in [1.165, 1.54) is 5.56 Å². The molecule has 0 unspecified atom stereocenters. The molecule has 0 radical (unpaired) electrons. The second-order valence-corrected chi connectivity index (χ2v) is 10.5. The van der Waals surface area contributed by atoms with E-state index in [9.17, 15) is 5.26 Å². The molecule has 5 rings (SSSR count). The summed E-state index contributed by atoms with van der Waals surface area (Å²) in [4.78, 5) is 11.4. The van der Waals surface area contributed by atoms with Crippen LogP contribution in [0.1, 0.15) is 69.9 Å². The van der Waals surface area contributed by atoms with Gasteiger partial charge in [-0.3, -0.25) is 0 Å². The summed E-state index contributed by atoms with van der Waals surface area (Å²) in [5.74, 6) is 1.49. The maximum absolute atomic E-state index is 9.35. The van der Waals surface area contributed by atoms with E-state index in [0.717, 1.165) is 73.2 Å². The Morgan fingerprint density at radius 2 is 1.91 bits per heavy atom. The maximum atomic E-state index is 9.35. The Kier molecular flexibility index (Phi) is 5.65. The van der Waals surface area contributed by atoms with Crippen LogP contribution in [0, 0.1) is 11.3 Å². The molecule has 7 heteroatoms. The molecule has 174 valence electrons. The van der Waals surface area contributed by atoms with Crippen molar-refractivity contribution in [3.05, 3.63) is 29.6 Å². The Morgan fingerprint density at radius 3 is 2.61 bits per heavy atom. The lowest BCUT2D eigenvalue weighted by Crippen LogP contribution is -2.34. The molecule has 0 amide bonds. The minimum Gasteiger partial charge on any atom is -0.488 e. The summed E-state index contributed by atoms with van der Waals surface area (Å²) in [5, 5.41) is 9.35. The number of rotatable bonds is 6. The molecule has 0 aliphatic heterocycles. The third kappa shape index (κ3) is 4.13. The second-order valence-electron chi connectivity index (χ2n) is 10.5. The van der Waals surface area contributed by atoms with Crippen LogP contribution in [-0.4, -0.2) is 34.7 Å². The van der Waals surface area contributed by atoms with Gasteiger partial charge >= 0.3 is 0 Å². The Labute approximate surface area is 196 Å². The van der Waals surface area contributed by atoms with Gasteiger partial charge in [0, 0.05) is 29.8 Å². The third-order valence-corrected chi connectivity index (χ3v) is 7.42. The van der Waals surface area contributed by atoms with Crippen LogP contribution >= 0.6 is 0 Å². The SMILES string of the molecule is CC1(C)Cc2c(ccc(OC3CCC(N)CC3)c2N(CCC#N)C2CC2)-c2ncnc(N)c21. The van der Waals surface area contributed by atoms with Crippen LogP contribution in [0.15, 0.2) is 18.5 Å². The number of anilines is 2. The van der Waals surface area contributed by atoms with Gasteiger partial charge in [0.25, 0.3) is 0 Å². The molecule has 7 nitrogen and oxygen atoms in total. The molecule has 33 heavy (non-hydrogen) atoms. The lowest BCUT2D eigenvalue weighted by atomic mass is 9.71. The molecule has 0 saturated heterocycles. The first-order valence-corrected chi connectivity index (χ1v) is 12.2. The number of ether oxygens (including phenoxy) is 1. The fourth-order valence-electron chi connectivity index (χ4n) is 5.65. The van der Waals surface area contributed by atoms with Crippen molar-refractivity contribution >= 4 is 11.5 Å². The number of aromatic nitrogens is 2. The zero-order valence-corrected chi connectivity index (χ0v) is 19.7. The van der Waals surface area contributed by atoms with Crippen LogP contribution in [0.2, 0.25) is 0 Å². The minimum absolute atomic E-state index is 0.181. The van der Waals surface area contributed by atoms with E-state index in [1.54, 1.807) is 6.33 Å². The highest BCUT2D eigenvalue weighted by Gasteiger charge is 2.40. The molecule has 3 aliphatic carbocycles. The van der Waals surface area contributed by atoms with Gasteiger partial charge in [-0.25, -0.2) is 9.97 Å². The molecule has 0 bridgehead atoms. The summed E-state index contributed by atoms with van der Waals surface area (Å²) >= 11 is 0. The van der Waals surface area contributed by atoms with Crippen LogP contribution in [-0.2, 0) is 11.8 Å². The molecule has 1 aromatic carbocycles. The predicted octanol–water partition coefficient (Wildman–Crippen LogP) is 4.09. The van der Waals surface area contributed by atoms with Gasteiger partial charge in [0.2, 0.25) is 0 Å². The first-order valence-electron chi connectivity index (χ1n) is 12.2. The van der Waals surface area contributed by atoms with E-state index in [1.807, 2.05) is 0 Å². The summed E-state index contributed by atoms with van der Waals surface area (Å²) in [6, 6.07) is 7.33. The summed E-state index contributed by atoms with van der Waals surface area (Å²) in [7, 11) is 0. The Morgan fingerprint density at radius 1 is 1.15 bits per heavy atom. The van der Waals surface area contributed by atoms with Crippen LogP contribution in [0.4, 0.5) is 11.5 Å². The molecule has 2 aromatic rings. The van der Waals surface area contributed by atoms with E-state index < -0.39 is 0 Å². The van der Waals surface area contributed by atoms with Crippen molar-refractivity contribution in [1.82, 2.24) is 9.97 Å². The Bertz CT molecular complexity index is 1080. The molecule has 0 atom stereocenters. The standard InChI is InChI=1S/C26H34N6O/c1-26(2)14-20-19(23-22(26)25(29)31-15-30-23)10-11-21(33-18-8-4-16(28)5-9-18)24(20)32(13-3-12-27)17-6-7-17/h10-11,15-18H,3-9,13-14,28H2,1-2H3,(H2,29,30,31). The van der Waals surface area contributed by atoms with Gasteiger partial charge in [0.1, 0.15) is 17.9 Å². The smallest absolute Gasteiger partial charge is 0.143 e. The van der Waals surface area contributed by atoms with Gasteiger partial charge in [-0.15, -0.1) is 0 Å². The quantitative estimate of drug-likeness (QED) is 0.687. The first kappa shape index (κ1) is 22.0. The number of nitrogens with two attached hydrogens (primary N) is 2. The highest BCUT2D eigenvalue weighted by Crippen LogP contribution is 2.51. The fraction of sp³-hybridized carbons (Fsp3) is 0.577.